The van der Waals surface area contributed by atoms with Crippen LogP contribution < -0.4 is 4.90 Å². The van der Waals surface area contributed by atoms with E-state index in [0.717, 1.165) is 25.9 Å². The molecule has 0 radical (unpaired) electrons. The van der Waals surface area contributed by atoms with Crippen LogP contribution in [-0.4, -0.2) is 48.2 Å². The minimum absolute atomic E-state index is 0.0825. The molecule has 1 N–H and O–H groups in total. The Kier molecular flexibility index (Phi) is 4.80. The van der Waals surface area contributed by atoms with Crippen LogP contribution in [0.3, 0.4) is 0 Å². The number of aliphatic hydroxyl groups is 1. The Balaban J connectivity index is 2.36. The van der Waals surface area contributed by atoms with Gasteiger partial charge in [-0.1, -0.05) is 6.07 Å². The van der Waals surface area contributed by atoms with Crippen LogP contribution in [0.15, 0.2) is 18.2 Å². The molecular weight excluding hydrogens is 270 g/mol. The fourth-order valence-corrected chi connectivity index (χ4v) is 2.95. The van der Waals surface area contributed by atoms with Gasteiger partial charge in [-0.3, -0.25) is 10.1 Å². The Morgan fingerprint density at radius 1 is 1.52 bits per heavy atom. The topological polar surface area (TPSA) is 69.8 Å². The van der Waals surface area contributed by atoms with Gasteiger partial charge in [0, 0.05) is 25.2 Å². The molecule has 1 heterocycles. The predicted molar refractivity (Wildman–Crippen MR) is 82.7 cm³/mol. The van der Waals surface area contributed by atoms with Crippen molar-refractivity contribution in [1.82, 2.24) is 4.90 Å². The average Bonchev–Trinajstić information content (AvgIpc) is 2.84. The van der Waals surface area contributed by atoms with Crippen LogP contribution in [0.1, 0.15) is 31.4 Å². The third-order valence-electron chi connectivity index (χ3n) is 3.94. The molecule has 1 fully saturated rings. The molecule has 1 aliphatic heterocycles. The molecule has 1 aromatic rings. The number of hydrogen-bond donors (Lipinski definition) is 1. The van der Waals surface area contributed by atoms with Crippen molar-refractivity contribution in [2.75, 3.05) is 32.1 Å². The van der Waals surface area contributed by atoms with Crippen LogP contribution in [0.5, 0.6) is 0 Å². The lowest BCUT2D eigenvalue weighted by molar-refractivity contribution is -0.384. The lowest BCUT2D eigenvalue weighted by atomic mass is 10.1. The predicted octanol–water partition coefficient (Wildman–Crippen LogP) is 2.18. The summed E-state index contributed by atoms with van der Waals surface area (Å²) in [6.07, 6.45) is 1.40. The Labute approximate surface area is 125 Å². The number of nitro groups is 1. The summed E-state index contributed by atoms with van der Waals surface area (Å²) in [6.45, 7) is 3.34. The first-order chi connectivity index (χ1) is 9.90. The maximum Gasteiger partial charge on any atom is 0.292 e. The molecule has 2 atom stereocenters. The molecule has 0 amide bonds. The standard InChI is InChI=1S/C15H23N3O3/c1-11(19)12-6-7-14(15(9-12)18(20)21)17-8-4-5-13(17)10-16(2)3/h6-7,9,11,13,19H,4-5,8,10H2,1-3H3/t11-,13?/m0/s1. The lowest BCUT2D eigenvalue weighted by Crippen LogP contribution is -2.37. The number of aliphatic hydroxyl groups excluding tert-OH is 1. The Morgan fingerprint density at radius 3 is 2.81 bits per heavy atom. The van der Waals surface area contributed by atoms with Crippen LogP contribution in [0.25, 0.3) is 0 Å². The molecule has 2 rings (SSSR count). The van der Waals surface area contributed by atoms with Gasteiger partial charge in [0.2, 0.25) is 0 Å². The first-order valence-corrected chi connectivity index (χ1v) is 7.28. The minimum Gasteiger partial charge on any atom is -0.389 e. The highest BCUT2D eigenvalue weighted by atomic mass is 16.6. The van der Waals surface area contributed by atoms with Crippen molar-refractivity contribution in [2.24, 2.45) is 0 Å². The fourth-order valence-electron chi connectivity index (χ4n) is 2.95. The van der Waals surface area contributed by atoms with E-state index in [-0.39, 0.29) is 10.6 Å². The quantitative estimate of drug-likeness (QED) is 0.665. The van der Waals surface area contributed by atoms with E-state index in [4.69, 9.17) is 0 Å². The second-order valence-corrected chi connectivity index (χ2v) is 5.93. The number of likely N-dealkylation sites (N-methyl/N-ethyl adjacent to an activating group) is 1. The molecule has 116 valence electrons. The highest BCUT2D eigenvalue weighted by Crippen LogP contribution is 2.35. The van der Waals surface area contributed by atoms with E-state index in [2.05, 4.69) is 9.80 Å². The van der Waals surface area contributed by atoms with Crippen molar-refractivity contribution in [3.8, 4) is 0 Å². The van der Waals surface area contributed by atoms with Crippen molar-refractivity contribution < 1.29 is 10.0 Å². The lowest BCUT2D eigenvalue weighted by Gasteiger charge is -2.29. The zero-order valence-corrected chi connectivity index (χ0v) is 12.8. The normalized spacial score (nSPS) is 20.0. The highest BCUT2D eigenvalue weighted by Gasteiger charge is 2.30. The second-order valence-electron chi connectivity index (χ2n) is 5.93. The van der Waals surface area contributed by atoms with Gasteiger partial charge in [0.1, 0.15) is 5.69 Å². The van der Waals surface area contributed by atoms with Crippen LogP contribution >= 0.6 is 0 Å². The zero-order chi connectivity index (χ0) is 15.6. The maximum atomic E-state index is 11.4. The molecule has 0 aliphatic carbocycles. The van der Waals surface area contributed by atoms with Gasteiger partial charge in [0.25, 0.3) is 5.69 Å². The minimum atomic E-state index is -0.700. The number of rotatable bonds is 5. The number of nitro benzene ring substituents is 1. The van der Waals surface area contributed by atoms with Crippen LogP contribution in [-0.2, 0) is 0 Å². The molecule has 1 unspecified atom stereocenters. The third-order valence-corrected chi connectivity index (χ3v) is 3.94. The summed E-state index contributed by atoms with van der Waals surface area (Å²) >= 11 is 0. The number of benzene rings is 1. The molecule has 6 nitrogen and oxygen atoms in total. The molecule has 0 saturated carbocycles. The Morgan fingerprint density at radius 2 is 2.24 bits per heavy atom. The van der Waals surface area contributed by atoms with Crippen LogP contribution in [0.4, 0.5) is 11.4 Å². The van der Waals surface area contributed by atoms with Gasteiger partial charge in [-0.15, -0.1) is 0 Å². The smallest absolute Gasteiger partial charge is 0.292 e. The van der Waals surface area contributed by atoms with E-state index in [1.807, 2.05) is 14.1 Å². The summed E-state index contributed by atoms with van der Waals surface area (Å²) in [5.41, 5.74) is 1.32. The second kappa shape index (κ2) is 6.41. The SMILES string of the molecule is C[C@H](O)c1ccc(N2CCCC2CN(C)C)c([N+](=O)[O-])c1. The molecule has 0 aromatic heterocycles. The largest absolute Gasteiger partial charge is 0.389 e. The van der Waals surface area contributed by atoms with E-state index in [1.54, 1.807) is 19.1 Å². The number of hydrogen-bond acceptors (Lipinski definition) is 5. The van der Waals surface area contributed by atoms with Gasteiger partial charge >= 0.3 is 0 Å². The molecule has 6 heteroatoms. The van der Waals surface area contributed by atoms with Crippen molar-refractivity contribution in [2.45, 2.75) is 31.9 Å². The van der Waals surface area contributed by atoms with Crippen molar-refractivity contribution in [3.05, 3.63) is 33.9 Å². The first-order valence-electron chi connectivity index (χ1n) is 7.28. The van der Waals surface area contributed by atoms with Gasteiger partial charge in [-0.05, 0) is 45.5 Å². The van der Waals surface area contributed by atoms with Crippen molar-refractivity contribution >= 4 is 11.4 Å². The van der Waals surface area contributed by atoms with Gasteiger partial charge in [-0.2, -0.15) is 0 Å². The Hall–Kier alpha value is -1.66. The van der Waals surface area contributed by atoms with Crippen LogP contribution in [0, 0.1) is 10.1 Å². The van der Waals surface area contributed by atoms with Gasteiger partial charge in [0.05, 0.1) is 11.0 Å². The van der Waals surface area contributed by atoms with Gasteiger partial charge < -0.3 is 14.9 Å². The molecule has 0 bridgehead atoms. The summed E-state index contributed by atoms with van der Waals surface area (Å²) in [4.78, 5) is 15.3. The van der Waals surface area contributed by atoms with E-state index in [0.29, 0.717) is 17.3 Å². The summed E-state index contributed by atoms with van der Waals surface area (Å²) in [5.74, 6) is 0. The molecular formula is C15H23N3O3. The average molecular weight is 293 g/mol. The maximum absolute atomic E-state index is 11.4. The van der Waals surface area contributed by atoms with Crippen LogP contribution in [0.2, 0.25) is 0 Å². The summed E-state index contributed by atoms with van der Waals surface area (Å²) in [6, 6.07) is 5.34. The fraction of sp³-hybridized carbons (Fsp3) is 0.600. The van der Waals surface area contributed by atoms with Gasteiger partial charge in [0.15, 0.2) is 0 Å². The summed E-state index contributed by atoms with van der Waals surface area (Å²) in [7, 11) is 4.03. The van der Waals surface area contributed by atoms with Crippen molar-refractivity contribution in [1.29, 1.82) is 0 Å². The molecule has 1 aliphatic rings. The number of anilines is 1. The summed E-state index contributed by atoms with van der Waals surface area (Å²) < 4.78 is 0. The van der Waals surface area contributed by atoms with E-state index < -0.39 is 6.10 Å². The Bertz CT molecular complexity index is 517. The van der Waals surface area contributed by atoms with E-state index in [1.165, 1.54) is 6.07 Å². The van der Waals surface area contributed by atoms with E-state index >= 15 is 0 Å². The van der Waals surface area contributed by atoms with E-state index in [9.17, 15) is 15.2 Å². The van der Waals surface area contributed by atoms with Crippen molar-refractivity contribution in [3.63, 3.8) is 0 Å². The molecule has 1 saturated heterocycles. The third kappa shape index (κ3) is 3.51. The first kappa shape index (κ1) is 15.7. The molecule has 21 heavy (non-hydrogen) atoms. The molecule has 0 spiro atoms. The monoisotopic (exact) mass is 293 g/mol. The molecule has 1 aromatic carbocycles. The zero-order valence-electron chi connectivity index (χ0n) is 12.8. The highest BCUT2D eigenvalue weighted by molar-refractivity contribution is 5.65. The van der Waals surface area contributed by atoms with Gasteiger partial charge in [-0.25, -0.2) is 0 Å². The summed E-state index contributed by atoms with van der Waals surface area (Å²) in [5, 5.41) is 21.0. The number of nitrogens with zero attached hydrogens (tertiary/aromatic N) is 3.